The fourth-order valence-electron chi connectivity index (χ4n) is 1.66. The van der Waals surface area contributed by atoms with Gasteiger partial charge in [0.15, 0.2) is 0 Å². The summed E-state index contributed by atoms with van der Waals surface area (Å²) >= 11 is 0. The molecule has 0 fully saturated rings. The summed E-state index contributed by atoms with van der Waals surface area (Å²) in [4.78, 5) is 11.5. The van der Waals surface area contributed by atoms with E-state index in [4.69, 9.17) is 9.84 Å². The molecule has 0 atom stereocenters. The Kier molecular flexibility index (Phi) is 7.48. The predicted octanol–water partition coefficient (Wildman–Crippen LogP) is 2.11. The zero-order valence-corrected chi connectivity index (χ0v) is 12.5. The molecule has 0 heterocycles. The number of hydrogen-bond donors (Lipinski definition) is 2. The molecular weight excluding hydrogens is 230 g/mol. The highest BCUT2D eigenvalue weighted by Gasteiger charge is 2.18. The van der Waals surface area contributed by atoms with E-state index >= 15 is 0 Å². The fraction of sp³-hybridized carbons (Fsp3) is 0.929. The highest BCUT2D eigenvalue weighted by molar-refractivity contribution is 5.70. The van der Waals surface area contributed by atoms with Gasteiger partial charge in [-0.3, -0.25) is 4.79 Å². The van der Waals surface area contributed by atoms with Gasteiger partial charge in [-0.05, 0) is 39.0 Å². The largest absolute Gasteiger partial charge is 0.460 e. The van der Waals surface area contributed by atoms with Crippen LogP contribution in [0.5, 0.6) is 0 Å². The molecule has 18 heavy (non-hydrogen) atoms. The second kappa shape index (κ2) is 7.74. The molecule has 4 nitrogen and oxygen atoms in total. The summed E-state index contributed by atoms with van der Waals surface area (Å²) in [5, 5.41) is 12.1. The van der Waals surface area contributed by atoms with Crippen molar-refractivity contribution in [3.63, 3.8) is 0 Å². The van der Waals surface area contributed by atoms with Gasteiger partial charge >= 0.3 is 5.97 Å². The number of nitrogens with one attached hydrogen (secondary N) is 1. The van der Waals surface area contributed by atoms with E-state index in [0.29, 0.717) is 13.0 Å². The summed E-state index contributed by atoms with van der Waals surface area (Å²) in [6.45, 7) is 11.6. The minimum absolute atomic E-state index is 0.149. The molecule has 0 saturated carbocycles. The first-order valence-electron chi connectivity index (χ1n) is 6.70. The standard InChI is InChI=1S/C14H29NO3/c1-13(2,3)18-12(17)7-9-15-11-14(4,5)8-6-10-16/h15-16H,6-11H2,1-5H3. The van der Waals surface area contributed by atoms with Gasteiger partial charge in [-0.2, -0.15) is 0 Å². The lowest BCUT2D eigenvalue weighted by Crippen LogP contribution is -2.32. The molecule has 0 rings (SSSR count). The number of carbonyl (C=O) groups is 1. The maximum atomic E-state index is 11.5. The number of aliphatic hydroxyl groups is 1. The lowest BCUT2D eigenvalue weighted by atomic mass is 9.88. The second-order valence-corrected chi connectivity index (χ2v) is 6.50. The van der Waals surface area contributed by atoms with Gasteiger partial charge in [0, 0.05) is 19.7 Å². The number of rotatable bonds is 8. The Balaban J connectivity index is 3.70. The maximum absolute atomic E-state index is 11.5. The summed E-state index contributed by atoms with van der Waals surface area (Å²) in [5.41, 5.74) is -0.256. The topological polar surface area (TPSA) is 58.6 Å². The van der Waals surface area contributed by atoms with Gasteiger partial charge in [0.2, 0.25) is 0 Å². The molecule has 0 aliphatic carbocycles. The molecule has 0 aliphatic rings. The lowest BCUT2D eigenvalue weighted by Gasteiger charge is -2.25. The highest BCUT2D eigenvalue weighted by atomic mass is 16.6. The van der Waals surface area contributed by atoms with Crippen molar-refractivity contribution >= 4 is 5.97 Å². The zero-order valence-electron chi connectivity index (χ0n) is 12.5. The van der Waals surface area contributed by atoms with E-state index in [1.54, 1.807) is 0 Å². The molecule has 0 aromatic rings. The molecule has 0 amide bonds. The van der Waals surface area contributed by atoms with Crippen LogP contribution in [0.4, 0.5) is 0 Å². The van der Waals surface area contributed by atoms with Gasteiger partial charge in [0.25, 0.3) is 0 Å². The zero-order chi connectivity index (χ0) is 14.2. The maximum Gasteiger partial charge on any atom is 0.307 e. The average Bonchev–Trinajstić information content (AvgIpc) is 2.19. The summed E-state index contributed by atoms with van der Waals surface area (Å²) in [6, 6.07) is 0. The van der Waals surface area contributed by atoms with Gasteiger partial charge in [-0.25, -0.2) is 0 Å². The van der Waals surface area contributed by atoms with Crippen molar-refractivity contribution in [3.05, 3.63) is 0 Å². The van der Waals surface area contributed by atoms with Crippen LogP contribution >= 0.6 is 0 Å². The van der Waals surface area contributed by atoms with E-state index in [1.165, 1.54) is 0 Å². The Morgan fingerprint density at radius 1 is 1.22 bits per heavy atom. The first-order valence-corrected chi connectivity index (χ1v) is 6.70. The minimum atomic E-state index is -0.405. The molecule has 4 heteroatoms. The van der Waals surface area contributed by atoms with E-state index in [2.05, 4.69) is 19.2 Å². The number of esters is 1. The van der Waals surface area contributed by atoms with E-state index in [9.17, 15) is 4.79 Å². The third kappa shape index (κ3) is 10.5. The van der Waals surface area contributed by atoms with Gasteiger partial charge in [-0.15, -0.1) is 0 Å². The first kappa shape index (κ1) is 17.4. The summed E-state index contributed by atoms with van der Waals surface area (Å²) in [6.07, 6.45) is 2.19. The van der Waals surface area contributed by atoms with Crippen LogP contribution in [-0.2, 0) is 9.53 Å². The third-order valence-electron chi connectivity index (χ3n) is 2.54. The molecule has 0 saturated heterocycles. The minimum Gasteiger partial charge on any atom is -0.460 e. The van der Waals surface area contributed by atoms with Crippen LogP contribution in [0, 0.1) is 5.41 Å². The summed E-state index contributed by atoms with van der Waals surface area (Å²) in [5.74, 6) is -0.164. The van der Waals surface area contributed by atoms with Crippen molar-refractivity contribution in [1.82, 2.24) is 5.32 Å². The highest BCUT2D eigenvalue weighted by Crippen LogP contribution is 2.20. The van der Waals surface area contributed by atoms with Crippen LogP contribution in [0.25, 0.3) is 0 Å². The summed E-state index contributed by atoms with van der Waals surface area (Å²) in [7, 11) is 0. The monoisotopic (exact) mass is 259 g/mol. The van der Waals surface area contributed by atoms with Crippen molar-refractivity contribution in [2.75, 3.05) is 19.7 Å². The third-order valence-corrected chi connectivity index (χ3v) is 2.54. The molecule has 0 aromatic heterocycles. The fourth-order valence-corrected chi connectivity index (χ4v) is 1.66. The van der Waals surface area contributed by atoms with Crippen molar-refractivity contribution in [2.45, 2.75) is 59.5 Å². The van der Waals surface area contributed by atoms with E-state index in [-0.39, 0.29) is 18.0 Å². The van der Waals surface area contributed by atoms with E-state index in [1.807, 2.05) is 20.8 Å². The van der Waals surface area contributed by atoms with Crippen LogP contribution in [-0.4, -0.2) is 36.4 Å². The van der Waals surface area contributed by atoms with Crippen LogP contribution in [0.3, 0.4) is 0 Å². The molecular formula is C14H29NO3. The normalized spacial score (nSPS) is 12.6. The molecule has 2 N–H and O–H groups in total. The Hall–Kier alpha value is -0.610. The Labute approximate surface area is 111 Å². The van der Waals surface area contributed by atoms with Crippen molar-refractivity contribution in [1.29, 1.82) is 0 Å². The van der Waals surface area contributed by atoms with Crippen LogP contribution in [0.2, 0.25) is 0 Å². The van der Waals surface area contributed by atoms with Gasteiger partial charge in [-0.1, -0.05) is 13.8 Å². The van der Waals surface area contributed by atoms with Crippen molar-refractivity contribution in [3.8, 4) is 0 Å². The molecule has 0 bridgehead atoms. The quantitative estimate of drug-likeness (QED) is 0.518. The van der Waals surface area contributed by atoms with E-state index < -0.39 is 5.60 Å². The van der Waals surface area contributed by atoms with Crippen molar-refractivity contribution < 1.29 is 14.6 Å². The van der Waals surface area contributed by atoms with Crippen LogP contribution < -0.4 is 5.32 Å². The SMILES string of the molecule is CC(C)(CCCO)CNCCC(=O)OC(C)(C)C. The average molecular weight is 259 g/mol. The summed E-state index contributed by atoms with van der Waals surface area (Å²) < 4.78 is 5.22. The molecule has 0 spiro atoms. The van der Waals surface area contributed by atoms with E-state index in [0.717, 1.165) is 19.4 Å². The first-order chi connectivity index (χ1) is 8.16. The molecule has 0 aliphatic heterocycles. The molecule has 0 aromatic carbocycles. The van der Waals surface area contributed by atoms with Crippen LogP contribution in [0.1, 0.15) is 53.9 Å². The Bertz CT molecular complexity index is 244. The lowest BCUT2D eigenvalue weighted by molar-refractivity contribution is -0.154. The van der Waals surface area contributed by atoms with Gasteiger partial charge < -0.3 is 15.2 Å². The smallest absolute Gasteiger partial charge is 0.307 e. The number of hydrogen-bond acceptors (Lipinski definition) is 4. The molecule has 0 unspecified atom stereocenters. The predicted molar refractivity (Wildman–Crippen MR) is 73.4 cm³/mol. The Morgan fingerprint density at radius 3 is 2.33 bits per heavy atom. The van der Waals surface area contributed by atoms with Gasteiger partial charge in [0.1, 0.15) is 5.60 Å². The van der Waals surface area contributed by atoms with Gasteiger partial charge in [0.05, 0.1) is 6.42 Å². The number of aliphatic hydroxyl groups excluding tert-OH is 1. The van der Waals surface area contributed by atoms with Crippen molar-refractivity contribution in [2.24, 2.45) is 5.41 Å². The number of ether oxygens (including phenoxy) is 1. The molecule has 108 valence electrons. The Morgan fingerprint density at radius 2 is 1.83 bits per heavy atom. The molecule has 0 radical (unpaired) electrons. The number of carbonyl (C=O) groups excluding carboxylic acids is 1. The second-order valence-electron chi connectivity index (χ2n) is 6.50. The van der Waals surface area contributed by atoms with Crippen LogP contribution in [0.15, 0.2) is 0 Å².